The van der Waals surface area contributed by atoms with Crippen molar-refractivity contribution in [2.24, 2.45) is 5.92 Å². The van der Waals surface area contributed by atoms with Crippen LogP contribution in [0.2, 0.25) is 0 Å². The van der Waals surface area contributed by atoms with Crippen LogP contribution in [0.5, 0.6) is 0 Å². The summed E-state index contributed by atoms with van der Waals surface area (Å²) in [6, 6.07) is 0. The molecule has 0 fully saturated rings. The molecular formula is C15H21F9O2. The smallest absolute Gasteiger partial charge is 0.460 e. The zero-order valence-electron chi connectivity index (χ0n) is 14.2. The van der Waals surface area contributed by atoms with Crippen LogP contribution in [-0.4, -0.2) is 36.5 Å². The van der Waals surface area contributed by atoms with Gasteiger partial charge in [0.15, 0.2) is 0 Å². The summed E-state index contributed by atoms with van der Waals surface area (Å²) in [4.78, 5) is 11.6. The summed E-state index contributed by atoms with van der Waals surface area (Å²) in [5.74, 6) is -22.7. The molecule has 11 heteroatoms. The number of halogens is 9. The van der Waals surface area contributed by atoms with E-state index in [0.717, 1.165) is 6.42 Å². The van der Waals surface area contributed by atoms with E-state index in [0.29, 0.717) is 12.8 Å². The number of hydrogen-bond donors (Lipinski definition) is 0. The highest BCUT2D eigenvalue weighted by Gasteiger charge is 2.81. The van der Waals surface area contributed by atoms with Gasteiger partial charge in [-0.2, -0.15) is 39.5 Å². The fourth-order valence-electron chi connectivity index (χ4n) is 2.23. The highest BCUT2D eigenvalue weighted by molar-refractivity contribution is 5.72. The number of ether oxygens (including phenoxy) is 1. The van der Waals surface area contributed by atoms with Crippen LogP contribution in [0.15, 0.2) is 0 Å². The van der Waals surface area contributed by atoms with E-state index < -0.39 is 42.3 Å². The van der Waals surface area contributed by atoms with E-state index >= 15 is 0 Å². The monoisotopic (exact) mass is 404 g/mol. The maximum absolute atomic E-state index is 13.7. The lowest BCUT2D eigenvalue weighted by molar-refractivity contribution is -0.397. The first-order valence-electron chi connectivity index (χ1n) is 8.02. The van der Waals surface area contributed by atoms with Gasteiger partial charge in [0.05, 0.1) is 12.5 Å². The fourth-order valence-corrected chi connectivity index (χ4v) is 2.23. The molecule has 0 bridgehead atoms. The van der Waals surface area contributed by atoms with Crippen LogP contribution in [0.3, 0.4) is 0 Å². The van der Waals surface area contributed by atoms with Crippen molar-refractivity contribution < 1.29 is 49.0 Å². The Kier molecular flexibility index (Phi) is 8.75. The molecule has 0 aromatic carbocycles. The van der Waals surface area contributed by atoms with E-state index in [1.807, 2.05) is 6.92 Å². The number of hydrogen-bond acceptors (Lipinski definition) is 2. The first-order valence-corrected chi connectivity index (χ1v) is 8.02. The summed E-state index contributed by atoms with van der Waals surface area (Å²) in [5.41, 5.74) is 0. The molecule has 2 nitrogen and oxygen atoms in total. The van der Waals surface area contributed by atoms with Crippen LogP contribution >= 0.6 is 0 Å². The van der Waals surface area contributed by atoms with Crippen LogP contribution in [-0.2, 0) is 9.53 Å². The van der Waals surface area contributed by atoms with E-state index in [2.05, 4.69) is 4.74 Å². The van der Waals surface area contributed by atoms with E-state index in [4.69, 9.17) is 0 Å². The van der Waals surface area contributed by atoms with Crippen molar-refractivity contribution in [1.29, 1.82) is 0 Å². The van der Waals surface area contributed by atoms with Crippen molar-refractivity contribution in [1.82, 2.24) is 0 Å². The van der Waals surface area contributed by atoms with E-state index in [-0.39, 0.29) is 19.4 Å². The Balaban J connectivity index is 5.45. The minimum Gasteiger partial charge on any atom is -0.466 e. The van der Waals surface area contributed by atoms with Crippen molar-refractivity contribution >= 4 is 5.97 Å². The fraction of sp³-hybridized carbons (Fsp3) is 0.933. The Labute approximate surface area is 145 Å². The average molecular weight is 404 g/mol. The quantitative estimate of drug-likeness (QED) is 0.240. The molecule has 0 radical (unpaired) electrons. The SMILES string of the molecule is CCCCCCC(CC(F)(F)C(F)(F)C(F)(F)C(F)(F)F)C(=O)OCC. The van der Waals surface area contributed by atoms with Crippen LogP contribution in [0.1, 0.15) is 52.4 Å². The number of esters is 1. The van der Waals surface area contributed by atoms with Crippen LogP contribution in [0.4, 0.5) is 39.5 Å². The van der Waals surface area contributed by atoms with Gasteiger partial charge in [-0.25, -0.2) is 0 Å². The Morgan fingerprint density at radius 1 is 0.846 bits per heavy atom. The summed E-state index contributed by atoms with van der Waals surface area (Å²) in [7, 11) is 0. The lowest BCUT2D eigenvalue weighted by Gasteiger charge is -2.34. The third kappa shape index (κ3) is 5.67. The van der Waals surface area contributed by atoms with E-state index in [1.165, 1.54) is 6.92 Å². The largest absolute Gasteiger partial charge is 0.466 e. The maximum Gasteiger partial charge on any atom is 0.460 e. The minimum atomic E-state index is -6.95. The Morgan fingerprint density at radius 3 is 1.81 bits per heavy atom. The van der Waals surface area contributed by atoms with E-state index in [9.17, 15) is 44.3 Å². The number of carbonyl (C=O) groups excluding carboxylic acids is 1. The molecule has 0 spiro atoms. The highest BCUT2D eigenvalue weighted by atomic mass is 19.4. The normalized spacial score (nSPS) is 15.0. The summed E-state index contributed by atoms with van der Waals surface area (Å²) < 4.78 is 121. The van der Waals surface area contributed by atoms with Crippen molar-refractivity contribution in [3.05, 3.63) is 0 Å². The van der Waals surface area contributed by atoms with Gasteiger partial charge in [0.25, 0.3) is 0 Å². The molecule has 1 atom stereocenters. The predicted molar refractivity (Wildman–Crippen MR) is 74.4 cm³/mol. The minimum absolute atomic E-state index is 0.134. The molecule has 0 saturated heterocycles. The maximum atomic E-state index is 13.7. The molecule has 0 aromatic heterocycles. The topological polar surface area (TPSA) is 26.3 Å². The second kappa shape index (κ2) is 9.16. The van der Waals surface area contributed by atoms with Crippen LogP contribution in [0.25, 0.3) is 0 Å². The number of unbranched alkanes of at least 4 members (excludes halogenated alkanes) is 3. The van der Waals surface area contributed by atoms with Gasteiger partial charge >= 0.3 is 29.9 Å². The standard InChI is InChI=1S/C15H21F9O2/c1-3-5-6-7-8-10(11(25)26-4-2)9-12(16,17)13(18,19)14(20,21)15(22,23)24/h10H,3-9H2,1-2H3. The first-order chi connectivity index (χ1) is 11.7. The summed E-state index contributed by atoms with van der Waals surface area (Å²) in [6.45, 7) is 2.83. The molecule has 0 rings (SSSR count). The molecule has 0 heterocycles. The molecule has 26 heavy (non-hydrogen) atoms. The van der Waals surface area contributed by atoms with Crippen molar-refractivity contribution in [2.45, 2.75) is 76.3 Å². The number of rotatable bonds is 11. The summed E-state index contributed by atoms with van der Waals surface area (Å²) in [5, 5.41) is 0. The molecule has 0 amide bonds. The van der Waals surface area contributed by atoms with Crippen molar-refractivity contribution in [3.63, 3.8) is 0 Å². The third-order valence-corrected chi connectivity index (χ3v) is 3.74. The van der Waals surface area contributed by atoms with Gasteiger partial charge in [-0.1, -0.05) is 32.6 Å². The Hall–Kier alpha value is -1.16. The van der Waals surface area contributed by atoms with Crippen molar-refractivity contribution in [3.8, 4) is 0 Å². The first kappa shape index (κ1) is 24.8. The van der Waals surface area contributed by atoms with Gasteiger partial charge in [0.1, 0.15) is 0 Å². The highest BCUT2D eigenvalue weighted by Crippen LogP contribution is 2.54. The molecule has 0 saturated carbocycles. The zero-order chi connectivity index (χ0) is 20.8. The molecule has 0 aromatic rings. The lowest BCUT2D eigenvalue weighted by Crippen LogP contribution is -2.61. The van der Waals surface area contributed by atoms with Gasteiger partial charge in [0, 0.05) is 6.42 Å². The molecule has 156 valence electrons. The molecule has 0 aliphatic carbocycles. The summed E-state index contributed by atoms with van der Waals surface area (Å²) >= 11 is 0. The zero-order valence-corrected chi connectivity index (χ0v) is 14.2. The Morgan fingerprint density at radius 2 is 1.38 bits per heavy atom. The van der Waals surface area contributed by atoms with E-state index in [1.54, 1.807) is 0 Å². The second-order valence-corrected chi connectivity index (χ2v) is 5.85. The second-order valence-electron chi connectivity index (χ2n) is 5.85. The molecule has 1 unspecified atom stereocenters. The third-order valence-electron chi connectivity index (χ3n) is 3.74. The van der Waals surface area contributed by atoms with Gasteiger partial charge in [-0.3, -0.25) is 4.79 Å². The van der Waals surface area contributed by atoms with Gasteiger partial charge in [0.2, 0.25) is 0 Å². The number of carbonyl (C=O) groups is 1. The van der Waals surface area contributed by atoms with Crippen LogP contribution in [0, 0.1) is 5.92 Å². The van der Waals surface area contributed by atoms with Gasteiger partial charge in [-0.05, 0) is 13.3 Å². The molecular weight excluding hydrogens is 383 g/mol. The molecule has 0 aliphatic rings. The van der Waals surface area contributed by atoms with Gasteiger partial charge < -0.3 is 4.74 Å². The van der Waals surface area contributed by atoms with Crippen molar-refractivity contribution in [2.75, 3.05) is 6.61 Å². The number of alkyl halides is 9. The molecule has 0 aliphatic heterocycles. The lowest BCUT2D eigenvalue weighted by atomic mass is 9.89. The van der Waals surface area contributed by atoms with Crippen LogP contribution < -0.4 is 0 Å². The van der Waals surface area contributed by atoms with Gasteiger partial charge in [-0.15, -0.1) is 0 Å². The summed E-state index contributed by atoms with van der Waals surface area (Å²) in [6.07, 6.45) is -7.47. The predicted octanol–water partition coefficient (Wildman–Crippen LogP) is 5.99. The Bertz CT molecular complexity index is 447. The average Bonchev–Trinajstić information content (AvgIpc) is 2.48. The molecule has 0 N–H and O–H groups in total.